The topological polar surface area (TPSA) is 65.0 Å². The predicted octanol–water partition coefficient (Wildman–Crippen LogP) is 2.92. The summed E-state index contributed by atoms with van der Waals surface area (Å²) in [6.07, 6.45) is 3.23. The van der Waals surface area contributed by atoms with Gasteiger partial charge in [0.15, 0.2) is 0 Å². The Hall–Kier alpha value is -0.750. The van der Waals surface area contributed by atoms with Gasteiger partial charge in [-0.05, 0) is 60.3 Å². The van der Waals surface area contributed by atoms with Crippen molar-refractivity contribution in [1.82, 2.24) is 4.90 Å². The van der Waals surface area contributed by atoms with Gasteiger partial charge in [0, 0.05) is 6.54 Å². The zero-order valence-electron chi connectivity index (χ0n) is 13.8. The molecule has 0 aromatic heterocycles. The normalized spacial score (nSPS) is 30.4. The van der Waals surface area contributed by atoms with Gasteiger partial charge in [-0.3, -0.25) is 4.90 Å². The number of carbonyl (C=O) groups is 1. The van der Waals surface area contributed by atoms with Crippen LogP contribution in [0.15, 0.2) is 4.40 Å². The maximum atomic E-state index is 12.3. The Labute approximate surface area is 130 Å². The first-order chi connectivity index (χ1) is 9.43. The van der Waals surface area contributed by atoms with E-state index in [0.717, 1.165) is 12.8 Å². The standard InChI is InChI=1S/C15H26N2O3S/c1-13(2,3)20-12(18)17-9-11-7-15(17,8-11)10-16-21(19)14(4,5)6/h10-11H,7-9H2,1-6H3. The fraction of sp³-hybridized carbons (Fsp3) is 0.867. The Bertz CT molecular complexity index is 445. The van der Waals surface area contributed by atoms with Gasteiger partial charge in [0.05, 0.1) is 11.8 Å². The summed E-state index contributed by atoms with van der Waals surface area (Å²) in [6.45, 7) is 12.0. The smallest absolute Gasteiger partial charge is 0.411 e. The molecule has 3 aliphatic rings. The Morgan fingerprint density at radius 1 is 1.33 bits per heavy atom. The van der Waals surface area contributed by atoms with Crippen LogP contribution in [-0.4, -0.2) is 44.2 Å². The van der Waals surface area contributed by atoms with Gasteiger partial charge >= 0.3 is 6.09 Å². The molecule has 0 radical (unpaired) electrons. The number of amides is 1. The van der Waals surface area contributed by atoms with Crippen LogP contribution in [0.3, 0.4) is 0 Å². The number of nitrogens with zero attached hydrogens (tertiary/aromatic N) is 2. The van der Waals surface area contributed by atoms with Gasteiger partial charge in [-0.15, -0.1) is 0 Å². The zero-order valence-corrected chi connectivity index (χ0v) is 14.6. The van der Waals surface area contributed by atoms with Crippen LogP contribution >= 0.6 is 0 Å². The van der Waals surface area contributed by atoms with Crippen molar-refractivity contribution in [3.05, 3.63) is 0 Å². The summed E-state index contributed by atoms with van der Waals surface area (Å²) in [5, 5.41) is 0. The molecule has 1 amide bonds. The number of fused-ring (bicyclic) bond motifs is 1. The summed E-state index contributed by atoms with van der Waals surface area (Å²) in [5.41, 5.74) is -0.884. The molecule has 2 heterocycles. The molecule has 2 bridgehead atoms. The largest absolute Gasteiger partial charge is 0.591 e. The molecule has 2 saturated heterocycles. The summed E-state index contributed by atoms with van der Waals surface area (Å²) < 4.78 is 21.4. The fourth-order valence-corrected chi connectivity index (χ4v) is 3.39. The lowest BCUT2D eigenvalue weighted by molar-refractivity contribution is 0.0191. The molecule has 1 atom stereocenters. The summed E-state index contributed by atoms with van der Waals surface area (Å²) in [5.74, 6) is 0.520. The van der Waals surface area contributed by atoms with Crippen molar-refractivity contribution in [1.29, 1.82) is 0 Å². The van der Waals surface area contributed by atoms with E-state index in [0.29, 0.717) is 12.5 Å². The minimum atomic E-state index is -1.29. The molecule has 5 nitrogen and oxygen atoms in total. The number of hydrogen-bond acceptors (Lipinski definition) is 4. The Kier molecular flexibility index (Phi) is 4.08. The number of ether oxygens (including phenoxy) is 1. The highest BCUT2D eigenvalue weighted by Gasteiger charge is 2.58. The third kappa shape index (κ3) is 3.54. The number of carbonyl (C=O) groups excluding carboxylic acids is 1. The van der Waals surface area contributed by atoms with Crippen molar-refractivity contribution < 1.29 is 14.1 Å². The van der Waals surface area contributed by atoms with Crippen molar-refractivity contribution in [3.63, 3.8) is 0 Å². The average Bonchev–Trinajstić information content (AvgIpc) is 2.76. The molecular weight excluding hydrogens is 288 g/mol. The van der Waals surface area contributed by atoms with E-state index >= 15 is 0 Å². The highest BCUT2D eigenvalue weighted by molar-refractivity contribution is 7.91. The minimum absolute atomic E-state index is 0.296. The SMILES string of the molecule is CC(C)(C)OC(=O)N1CC2CC1(C=N[S+]([O-])C(C)(C)C)C2. The third-order valence-corrected chi connectivity index (χ3v) is 5.13. The molecule has 120 valence electrons. The molecule has 0 spiro atoms. The van der Waals surface area contributed by atoms with Crippen LogP contribution in [0.4, 0.5) is 4.79 Å². The zero-order chi connectivity index (χ0) is 16.1. The molecule has 3 fully saturated rings. The van der Waals surface area contributed by atoms with Gasteiger partial charge < -0.3 is 9.29 Å². The molecule has 0 aromatic carbocycles. The molecule has 6 heteroatoms. The van der Waals surface area contributed by atoms with Crippen LogP contribution in [0, 0.1) is 5.92 Å². The molecule has 0 N–H and O–H groups in total. The predicted molar refractivity (Wildman–Crippen MR) is 84.8 cm³/mol. The molecule has 21 heavy (non-hydrogen) atoms. The highest BCUT2D eigenvalue weighted by atomic mass is 32.2. The molecular formula is C15H26N2O3S. The van der Waals surface area contributed by atoms with Crippen molar-refractivity contribution in [2.75, 3.05) is 6.54 Å². The third-order valence-electron chi connectivity index (χ3n) is 3.79. The quantitative estimate of drug-likeness (QED) is 0.581. The van der Waals surface area contributed by atoms with E-state index in [-0.39, 0.29) is 16.4 Å². The van der Waals surface area contributed by atoms with E-state index in [9.17, 15) is 9.35 Å². The summed E-state index contributed by atoms with van der Waals surface area (Å²) in [4.78, 5) is 14.1. The Morgan fingerprint density at radius 2 is 1.90 bits per heavy atom. The van der Waals surface area contributed by atoms with Crippen molar-refractivity contribution in [2.45, 2.75) is 70.3 Å². The number of rotatable bonds is 2. The lowest BCUT2D eigenvalue weighted by atomic mass is 9.74. The molecule has 2 aliphatic heterocycles. The molecule has 3 rings (SSSR count). The second-order valence-corrected chi connectivity index (χ2v) is 10.00. The Morgan fingerprint density at radius 3 is 2.38 bits per heavy atom. The molecule has 1 unspecified atom stereocenters. The highest BCUT2D eigenvalue weighted by Crippen LogP contribution is 2.50. The van der Waals surface area contributed by atoms with E-state index in [1.807, 2.05) is 41.5 Å². The van der Waals surface area contributed by atoms with Crippen LogP contribution in [0.1, 0.15) is 54.4 Å². The van der Waals surface area contributed by atoms with Gasteiger partial charge in [-0.25, -0.2) is 4.79 Å². The van der Waals surface area contributed by atoms with Crippen LogP contribution in [-0.2, 0) is 16.1 Å². The van der Waals surface area contributed by atoms with Crippen LogP contribution in [0.2, 0.25) is 0 Å². The van der Waals surface area contributed by atoms with Gasteiger partial charge in [0.2, 0.25) is 0 Å². The summed E-state index contributed by atoms with van der Waals surface area (Å²) >= 11 is -1.29. The fourth-order valence-electron chi connectivity index (χ4n) is 2.78. The van der Waals surface area contributed by atoms with Crippen molar-refractivity contribution >= 4 is 23.7 Å². The summed E-state index contributed by atoms with van der Waals surface area (Å²) in [6, 6.07) is 0. The van der Waals surface area contributed by atoms with Crippen molar-refractivity contribution in [3.8, 4) is 0 Å². The monoisotopic (exact) mass is 314 g/mol. The van der Waals surface area contributed by atoms with Gasteiger partial charge in [-0.1, -0.05) is 4.40 Å². The van der Waals surface area contributed by atoms with E-state index in [1.165, 1.54) is 0 Å². The maximum Gasteiger partial charge on any atom is 0.411 e. The second kappa shape index (κ2) is 5.16. The lowest BCUT2D eigenvalue weighted by Crippen LogP contribution is -2.51. The van der Waals surface area contributed by atoms with E-state index in [1.54, 1.807) is 11.1 Å². The maximum absolute atomic E-state index is 12.3. The van der Waals surface area contributed by atoms with E-state index < -0.39 is 17.0 Å². The number of hydrogen-bond donors (Lipinski definition) is 0. The van der Waals surface area contributed by atoms with Crippen LogP contribution in [0.25, 0.3) is 0 Å². The van der Waals surface area contributed by atoms with Gasteiger partial charge in [-0.2, -0.15) is 0 Å². The molecule has 0 aromatic rings. The van der Waals surface area contributed by atoms with Crippen LogP contribution < -0.4 is 0 Å². The first-order valence-corrected chi connectivity index (χ1v) is 8.51. The summed E-state index contributed by atoms with van der Waals surface area (Å²) in [7, 11) is 0. The van der Waals surface area contributed by atoms with Crippen LogP contribution in [0.5, 0.6) is 0 Å². The first kappa shape index (κ1) is 16.6. The Balaban J connectivity index is 2.08. The first-order valence-electron chi connectivity index (χ1n) is 7.41. The average molecular weight is 314 g/mol. The van der Waals surface area contributed by atoms with E-state index in [4.69, 9.17) is 4.74 Å². The van der Waals surface area contributed by atoms with Gasteiger partial charge in [0.1, 0.15) is 21.7 Å². The molecule has 1 aliphatic carbocycles. The van der Waals surface area contributed by atoms with Gasteiger partial charge in [0.25, 0.3) is 0 Å². The minimum Gasteiger partial charge on any atom is -0.591 e. The molecule has 1 saturated carbocycles. The van der Waals surface area contributed by atoms with E-state index in [2.05, 4.69) is 4.40 Å². The van der Waals surface area contributed by atoms with Crippen molar-refractivity contribution in [2.24, 2.45) is 10.3 Å². The lowest BCUT2D eigenvalue weighted by Gasteiger charge is -2.38. The second-order valence-electron chi connectivity index (χ2n) is 8.06.